The van der Waals surface area contributed by atoms with Gasteiger partial charge in [-0.05, 0) is 107 Å². The maximum absolute atomic E-state index is 5.58. The molecule has 13 rings (SSSR count). The van der Waals surface area contributed by atoms with Gasteiger partial charge in [0.1, 0.15) is 11.3 Å². The quantitative estimate of drug-likeness (QED) is 0.145. The summed E-state index contributed by atoms with van der Waals surface area (Å²) in [6.07, 6.45) is 0. The zero-order valence-electron chi connectivity index (χ0n) is 37.1. The van der Waals surface area contributed by atoms with E-state index in [0.717, 1.165) is 78.6 Å². The third kappa shape index (κ3) is 6.51. The van der Waals surface area contributed by atoms with Gasteiger partial charge >= 0.3 is 0 Å². The summed E-state index contributed by atoms with van der Waals surface area (Å²) < 4.78 is 7.17. The lowest BCUT2D eigenvalue weighted by Crippen LogP contribution is -2.10. The van der Waals surface area contributed by atoms with Crippen LogP contribution in [0.15, 0.2) is 261 Å². The summed E-state index contributed by atoms with van der Waals surface area (Å²) in [5, 5.41) is 3.50. The molecule has 3 heterocycles. The van der Waals surface area contributed by atoms with Crippen LogP contribution in [0.3, 0.4) is 0 Å². The molecule has 0 aliphatic carbocycles. The maximum Gasteiger partial charge on any atom is 0.165 e. The van der Waals surface area contributed by atoms with Gasteiger partial charge in [0.05, 0.1) is 16.6 Å². The van der Waals surface area contributed by atoms with Gasteiger partial charge in [0.25, 0.3) is 0 Å². The Kier molecular flexibility index (Phi) is 9.43. The molecule has 320 valence electrons. The van der Waals surface area contributed by atoms with Crippen molar-refractivity contribution in [1.29, 1.82) is 0 Å². The van der Waals surface area contributed by atoms with Crippen LogP contribution in [0.1, 0.15) is 0 Å². The van der Waals surface area contributed by atoms with Gasteiger partial charge in [0, 0.05) is 55.8 Å². The third-order valence-corrected chi connectivity index (χ3v) is 13.3. The second kappa shape index (κ2) is 16.4. The molecule has 10 aromatic carbocycles. The molecule has 0 unspecified atom stereocenters. The smallest absolute Gasteiger partial charge is 0.165 e. The number of fused-ring (bicyclic) bond motifs is 7. The Morgan fingerprint density at radius 1 is 0.265 bits per heavy atom. The number of imidazole rings is 1. The Morgan fingerprint density at radius 2 is 0.662 bits per heavy atom. The molecule has 0 bridgehead atoms. The Labute approximate surface area is 394 Å². The number of nitrogens with zero attached hydrogens (tertiary/aromatic N) is 5. The Bertz CT molecular complexity index is 3810. The number of rotatable bonds is 9. The van der Waals surface area contributed by atoms with E-state index in [1.165, 1.54) is 33.0 Å². The lowest BCUT2D eigenvalue weighted by Gasteiger charge is -2.26. The van der Waals surface area contributed by atoms with E-state index in [1.807, 2.05) is 0 Å². The molecule has 0 spiro atoms. The number of benzene rings is 10. The molecular weight excluding hydrogens is 827 g/mol. The van der Waals surface area contributed by atoms with E-state index in [0.29, 0.717) is 0 Å². The molecule has 0 atom stereocenters. The minimum atomic E-state index is 0.901. The molecule has 0 saturated carbocycles. The van der Waals surface area contributed by atoms with E-state index >= 15 is 0 Å². The molecule has 3 aromatic heterocycles. The highest BCUT2D eigenvalue weighted by molar-refractivity contribution is 6.23. The molecule has 0 radical (unpaired) electrons. The summed E-state index contributed by atoms with van der Waals surface area (Å²) >= 11 is 0. The molecule has 0 saturated heterocycles. The highest BCUT2D eigenvalue weighted by Crippen LogP contribution is 2.44. The van der Waals surface area contributed by atoms with E-state index in [2.05, 4.69) is 279 Å². The fraction of sp³-hybridized carbons (Fsp3) is 0. The zero-order valence-corrected chi connectivity index (χ0v) is 37.1. The molecule has 0 aliphatic heterocycles. The van der Waals surface area contributed by atoms with Gasteiger partial charge in [-0.15, -0.1) is 0 Å². The predicted molar refractivity (Wildman–Crippen MR) is 283 cm³/mol. The van der Waals surface area contributed by atoms with E-state index in [-0.39, 0.29) is 0 Å². The van der Waals surface area contributed by atoms with Crippen molar-refractivity contribution in [2.45, 2.75) is 0 Å². The van der Waals surface area contributed by atoms with Crippen molar-refractivity contribution >= 4 is 60.9 Å². The second-order valence-electron chi connectivity index (χ2n) is 17.2. The van der Waals surface area contributed by atoms with E-state index < -0.39 is 0 Å². The van der Waals surface area contributed by atoms with Crippen LogP contribution in [0, 0.1) is 0 Å². The SMILES string of the molecule is c1ccc(-c2ccc(N(c3ccc(-c4ccccc4)cc3)c3ccc(-n4c5ccccc5c5ccc6c7c(nc(-c8ccccc8)n7-c7ccccc7)n(-c7ccccc7)c6c54)cc3)cc2)cc1. The maximum atomic E-state index is 5.58. The van der Waals surface area contributed by atoms with E-state index in [9.17, 15) is 0 Å². The van der Waals surface area contributed by atoms with Gasteiger partial charge < -0.3 is 9.47 Å². The third-order valence-electron chi connectivity index (χ3n) is 13.3. The van der Waals surface area contributed by atoms with E-state index in [1.54, 1.807) is 0 Å². The molecule has 5 heteroatoms. The monoisotopic (exact) mass is 869 g/mol. The van der Waals surface area contributed by atoms with Crippen molar-refractivity contribution in [3.8, 4) is 50.7 Å². The molecule has 0 N–H and O–H groups in total. The van der Waals surface area contributed by atoms with Gasteiger partial charge in [-0.25, -0.2) is 4.98 Å². The first-order valence-electron chi connectivity index (χ1n) is 23.1. The fourth-order valence-corrected chi connectivity index (χ4v) is 10.1. The van der Waals surface area contributed by atoms with Crippen LogP contribution in [0.4, 0.5) is 17.1 Å². The Hall–Kier alpha value is -9.19. The summed E-state index contributed by atoms with van der Waals surface area (Å²) in [6.45, 7) is 0. The molecule has 13 aromatic rings. The minimum absolute atomic E-state index is 0.901. The summed E-state index contributed by atoms with van der Waals surface area (Å²) in [4.78, 5) is 7.93. The van der Waals surface area contributed by atoms with Crippen LogP contribution >= 0.6 is 0 Å². The average molecular weight is 870 g/mol. The fourth-order valence-electron chi connectivity index (χ4n) is 10.1. The normalized spacial score (nSPS) is 11.5. The van der Waals surface area contributed by atoms with Crippen molar-refractivity contribution in [3.63, 3.8) is 0 Å². The van der Waals surface area contributed by atoms with Crippen LogP contribution in [-0.2, 0) is 0 Å². The van der Waals surface area contributed by atoms with Crippen molar-refractivity contribution in [2.75, 3.05) is 4.90 Å². The molecule has 0 aliphatic rings. The number of hydrogen-bond donors (Lipinski definition) is 0. The number of anilines is 3. The van der Waals surface area contributed by atoms with Crippen molar-refractivity contribution in [3.05, 3.63) is 261 Å². The van der Waals surface area contributed by atoms with Gasteiger partial charge in [-0.3, -0.25) is 9.13 Å². The first-order valence-corrected chi connectivity index (χ1v) is 23.1. The minimum Gasteiger partial charge on any atom is -0.311 e. The molecular formula is C63H43N5. The van der Waals surface area contributed by atoms with Gasteiger partial charge in [0.2, 0.25) is 0 Å². The lowest BCUT2D eigenvalue weighted by molar-refractivity contribution is 1.09. The molecule has 0 fully saturated rings. The first-order chi connectivity index (χ1) is 33.8. The number of aromatic nitrogens is 4. The van der Waals surface area contributed by atoms with Gasteiger partial charge in [0.15, 0.2) is 5.65 Å². The van der Waals surface area contributed by atoms with Crippen molar-refractivity contribution < 1.29 is 0 Å². The highest BCUT2D eigenvalue weighted by atomic mass is 15.2. The standard InChI is InChI=1S/C63H43N5/c1-6-18-44(19-7-1)46-30-34-51(35-31-46)65(52-36-32-47(33-37-52)45-20-8-2-9-21-45)53-38-40-54(41-39-53)66-58-29-17-16-28-55(58)56-42-43-57-60(59(56)66)67(49-24-12-4-13-25-49)63-61(57)68(50-26-14-5-15-27-50)62(64-63)48-22-10-3-11-23-48/h1-43H. The van der Waals surface area contributed by atoms with Crippen LogP contribution in [0.5, 0.6) is 0 Å². The summed E-state index contributed by atoms with van der Waals surface area (Å²) in [5.41, 5.74) is 17.6. The predicted octanol–water partition coefficient (Wildman–Crippen LogP) is 16.5. The summed E-state index contributed by atoms with van der Waals surface area (Å²) in [7, 11) is 0. The van der Waals surface area contributed by atoms with Crippen LogP contribution in [-0.4, -0.2) is 18.7 Å². The molecule has 5 nitrogen and oxygen atoms in total. The number of para-hydroxylation sites is 3. The largest absolute Gasteiger partial charge is 0.311 e. The van der Waals surface area contributed by atoms with Gasteiger partial charge in [-0.1, -0.05) is 176 Å². The van der Waals surface area contributed by atoms with E-state index in [4.69, 9.17) is 4.98 Å². The molecule has 0 amide bonds. The average Bonchev–Trinajstić information content (AvgIpc) is 4.08. The lowest BCUT2D eigenvalue weighted by atomic mass is 10.0. The Morgan fingerprint density at radius 3 is 1.21 bits per heavy atom. The second-order valence-corrected chi connectivity index (χ2v) is 17.2. The molecule has 68 heavy (non-hydrogen) atoms. The highest BCUT2D eigenvalue weighted by Gasteiger charge is 2.27. The van der Waals surface area contributed by atoms with Crippen molar-refractivity contribution in [1.82, 2.24) is 18.7 Å². The summed E-state index contributed by atoms with van der Waals surface area (Å²) in [5.74, 6) is 0.901. The van der Waals surface area contributed by atoms with Crippen LogP contribution in [0.2, 0.25) is 0 Å². The van der Waals surface area contributed by atoms with Crippen molar-refractivity contribution in [2.24, 2.45) is 0 Å². The van der Waals surface area contributed by atoms with Crippen LogP contribution < -0.4 is 4.90 Å². The van der Waals surface area contributed by atoms with Crippen LogP contribution in [0.25, 0.3) is 94.6 Å². The Balaban J connectivity index is 1.03. The first kappa shape index (κ1) is 39.2. The summed E-state index contributed by atoms with van der Waals surface area (Å²) in [6, 6.07) is 93.3. The van der Waals surface area contributed by atoms with Gasteiger partial charge in [-0.2, -0.15) is 0 Å². The topological polar surface area (TPSA) is 30.9 Å². The number of hydrogen-bond acceptors (Lipinski definition) is 2. The zero-order chi connectivity index (χ0) is 45.0.